The SMILES string of the molecule is CC1=CC=C(C(F)(F)F)C=C(CO)C1F. The zero-order valence-electron chi connectivity index (χ0n) is 7.98. The Morgan fingerprint density at radius 2 is 1.93 bits per heavy atom. The fourth-order valence-corrected chi connectivity index (χ4v) is 1.22. The summed E-state index contributed by atoms with van der Waals surface area (Å²) < 4.78 is 50.4. The molecule has 0 aromatic rings. The van der Waals surface area contributed by atoms with Gasteiger partial charge in [0, 0.05) is 0 Å². The summed E-state index contributed by atoms with van der Waals surface area (Å²) in [5.74, 6) is 0. The standard InChI is InChI=1S/C10H10F4O/c1-6-2-3-8(10(12,13)14)4-7(5-15)9(6)11/h2-4,9,15H,5H2,1H3. The first-order valence-electron chi connectivity index (χ1n) is 4.27. The molecule has 0 spiro atoms. The molecule has 1 aliphatic rings. The summed E-state index contributed by atoms with van der Waals surface area (Å²) in [6, 6.07) is 0. The van der Waals surface area contributed by atoms with Crippen LogP contribution in [0.3, 0.4) is 0 Å². The predicted octanol–water partition coefficient (Wildman–Crippen LogP) is 2.69. The Labute approximate surface area is 84.4 Å². The van der Waals surface area contributed by atoms with Gasteiger partial charge in [-0.25, -0.2) is 4.39 Å². The second kappa shape index (κ2) is 4.18. The van der Waals surface area contributed by atoms with Gasteiger partial charge in [-0.15, -0.1) is 0 Å². The highest BCUT2D eigenvalue weighted by Crippen LogP contribution is 2.31. The molecule has 0 fully saturated rings. The number of hydrogen-bond acceptors (Lipinski definition) is 1. The second-order valence-electron chi connectivity index (χ2n) is 3.27. The summed E-state index contributed by atoms with van der Waals surface area (Å²) >= 11 is 0. The molecule has 15 heavy (non-hydrogen) atoms. The van der Waals surface area contributed by atoms with Gasteiger partial charge in [-0.1, -0.05) is 6.08 Å². The van der Waals surface area contributed by atoms with E-state index < -0.39 is 24.5 Å². The molecule has 1 N–H and O–H groups in total. The van der Waals surface area contributed by atoms with E-state index in [-0.39, 0.29) is 11.1 Å². The van der Waals surface area contributed by atoms with Crippen molar-refractivity contribution < 1.29 is 22.7 Å². The molecular formula is C10H10F4O. The van der Waals surface area contributed by atoms with E-state index in [0.29, 0.717) is 6.08 Å². The van der Waals surface area contributed by atoms with Crippen LogP contribution in [0.5, 0.6) is 0 Å². The summed E-state index contributed by atoms with van der Waals surface area (Å²) in [4.78, 5) is 0. The third-order valence-electron chi connectivity index (χ3n) is 2.10. The first kappa shape index (κ1) is 12.0. The van der Waals surface area contributed by atoms with Crippen LogP contribution >= 0.6 is 0 Å². The van der Waals surface area contributed by atoms with E-state index in [1.54, 1.807) is 0 Å². The predicted molar refractivity (Wildman–Crippen MR) is 48.0 cm³/mol. The van der Waals surface area contributed by atoms with Crippen LogP contribution in [0, 0.1) is 0 Å². The normalized spacial score (nSPS) is 22.8. The minimum atomic E-state index is -4.53. The molecule has 0 aromatic carbocycles. The van der Waals surface area contributed by atoms with Crippen molar-refractivity contribution in [1.29, 1.82) is 0 Å². The lowest BCUT2D eigenvalue weighted by Gasteiger charge is -2.10. The van der Waals surface area contributed by atoms with Crippen LogP contribution in [0.25, 0.3) is 0 Å². The molecule has 1 rings (SSSR count). The molecule has 0 saturated heterocycles. The van der Waals surface area contributed by atoms with Gasteiger partial charge in [0.15, 0.2) is 0 Å². The summed E-state index contributed by atoms with van der Waals surface area (Å²) in [5, 5.41) is 8.76. The first-order chi connectivity index (χ1) is 6.86. The number of allylic oxidation sites excluding steroid dienone is 5. The van der Waals surface area contributed by atoms with Gasteiger partial charge in [-0.3, -0.25) is 0 Å². The molecule has 0 amide bonds. The van der Waals surface area contributed by atoms with E-state index in [2.05, 4.69) is 0 Å². The number of halogens is 4. The molecule has 0 bridgehead atoms. The van der Waals surface area contributed by atoms with Gasteiger partial charge in [-0.05, 0) is 30.2 Å². The highest BCUT2D eigenvalue weighted by Gasteiger charge is 2.33. The smallest absolute Gasteiger partial charge is 0.392 e. The van der Waals surface area contributed by atoms with Gasteiger partial charge in [0.25, 0.3) is 0 Å². The van der Waals surface area contributed by atoms with Crippen molar-refractivity contribution in [2.45, 2.75) is 19.3 Å². The average Bonchev–Trinajstić information content (AvgIpc) is 2.27. The summed E-state index contributed by atoms with van der Waals surface area (Å²) in [6.07, 6.45) is -3.64. The fourth-order valence-electron chi connectivity index (χ4n) is 1.22. The number of rotatable bonds is 1. The second-order valence-corrected chi connectivity index (χ2v) is 3.27. The molecule has 5 heteroatoms. The molecule has 1 nitrogen and oxygen atoms in total. The van der Waals surface area contributed by atoms with Crippen LogP contribution in [-0.2, 0) is 0 Å². The van der Waals surface area contributed by atoms with Gasteiger partial charge < -0.3 is 5.11 Å². The highest BCUT2D eigenvalue weighted by molar-refractivity contribution is 5.40. The van der Waals surface area contributed by atoms with E-state index in [1.807, 2.05) is 0 Å². The van der Waals surface area contributed by atoms with Gasteiger partial charge in [0.05, 0.1) is 12.2 Å². The van der Waals surface area contributed by atoms with Crippen molar-refractivity contribution >= 4 is 0 Å². The number of aliphatic hydroxyl groups is 1. The van der Waals surface area contributed by atoms with Gasteiger partial charge in [-0.2, -0.15) is 13.2 Å². The zero-order valence-corrected chi connectivity index (χ0v) is 7.98. The molecule has 0 aliphatic heterocycles. The highest BCUT2D eigenvalue weighted by atomic mass is 19.4. The third kappa shape index (κ3) is 2.68. The third-order valence-corrected chi connectivity index (χ3v) is 2.10. The molecular weight excluding hydrogens is 212 g/mol. The van der Waals surface area contributed by atoms with Crippen LogP contribution in [-0.4, -0.2) is 24.1 Å². The molecule has 0 radical (unpaired) electrons. The lowest BCUT2D eigenvalue weighted by atomic mass is 10.1. The van der Waals surface area contributed by atoms with Crippen molar-refractivity contribution in [3.05, 3.63) is 34.9 Å². The van der Waals surface area contributed by atoms with E-state index >= 15 is 0 Å². The Kier molecular flexibility index (Phi) is 3.34. The lowest BCUT2D eigenvalue weighted by Crippen LogP contribution is -2.13. The average molecular weight is 222 g/mol. The minimum absolute atomic E-state index is 0.148. The molecule has 0 aromatic heterocycles. The molecule has 1 atom stereocenters. The van der Waals surface area contributed by atoms with Crippen LogP contribution in [0.4, 0.5) is 17.6 Å². The molecule has 84 valence electrons. The van der Waals surface area contributed by atoms with Gasteiger partial charge >= 0.3 is 6.18 Å². The molecule has 0 heterocycles. The van der Waals surface area contributed by atoms with Crippen molar-refractivity contribution in [2.24, 2.45) is 0 Å². The summed E-state index contributed by atoms with van der Waals surface area (Å²) in [6.45, 7) is 0.656. The maximum absolute atomic E-state index is 13.4. The van der Waals surface area contributed by atoms with Gasteiger partial charge in [0.2, 0.25) is 0 Å². The first-order valence-corrected chi connectivity index (χ1v) is 4.27. The van der Waals surface area contributed by atoms with Crippen molar-refractivity contribution in [1.82, 2.24) is 0 Å². The number of alkyl halides is 4. The summed E-state index contributed by atoms with van der Waals surface area (Å²) in [5.41, 5.74) is -1.08. The van der Waals surface area contributed by atoms with Gasteiger partial charge in [0.1, 0.15) is 6.17 Å². The maximum atomic E-state index is 13.4. The Bertz CT molecular complexity index is 336. The van der Waals surface area contributed by atoms with E-state index in [9.17, 15) is 17.6 Å². The quantitative estimate of drug-likeness (QED) is 0.676. The molecule has 0 saturated carbocycles. The van der Waals surface area contributed by atoms with Crippen LogP contribution < -0.4 is 0 Å². The minimum Gasteiger partial charge on any atom is -0.392 e. The van der Waals surface area contributed by atoms with Crippen LogP contribution in [0.2, 0.25) is 0 Å². The Balaban J connectivity index is 3.16. The fraction of sp³-hybridized carbons (Fsp3) is 0.400. The molecule has 1 unspecified atom stereocenters. The number of hydrogen-bond donors (Lipinski definition) is 1. The van der Waals surface area contributed by atoms with Crippen LogP contribution in [0.1, 0.15) is 6.92 Å². The monoisotopic (exact) mass is 222 g/mol. The Morgan fingerprint density at radius 1 is 1.33 bits per heavy atom. The Hall–Kier alpha value is -1.10. The van der Waals surface area contributed by atoms with Crippen molar-refractivity contribution in [2.75, 3.05) is 6.61 Å². The van der Waals surface area contributed by atoms with Crippen LogP contribution in [0.15, 0.2) is 34.9 Å². The number of aliphatic hydroxyl groups excluding tert-OH is 1. The van der Waals surface area contributed by atoms with Crippen molar-refractivity contribution in [3.8, 4) is 0 Å². The van der Waals surface area contributed by atoms with E-state index in [0.717, 1.165) is 12.2 Å². The van der Waals surface area contributed by atoms with E-state index in [1.165, 1.54) is 6.92 Å². The largest absolute Gasteiger partial charge is 0.416 e. The topological polar surface area (TPSA) is 20.2 Å². The van der Waals surface area contributed by atoms with Crippen molar-refractivity contribution in [3.63, 3.8) is 0 Å². The summed E-state index contributed by atoms with van der Waals surface area (Å²) in [7, 11) is 0. The zero-order chi connectivity index (χ0) is 11.6. The lowest BCUT2D eigenvalue weighted by molar-refractivity contribution is -0.0882. The maximum Gasteiger partial charge on any atom is 0.416 e. The van der Waals surface area contributed by atoms with E-state index in [4.69, 9.17) is 5.11 Å². The Morgan fingerprint density at radius 3 is 2.40 bits per heavy atom. The molecule has 1 aliphatic carbocycles.